The van der Waals surface area contributed by atoms with Gasteiger partial charge in [0.05, 0.1) is 13.5 Å². The van der Waals surface area contributed by atoms with Gasteiger partial charge < -0.3 is 20.5 Å². The number of nitrogens with one attached hydrogen (secondary N) is 2. The summed E-state index contributed by atoms with van der Waals surface area (Å²) < 4.78 is 5.08. The van der Waals surface area contributed by atoms with Gasteiger partial charge in [0.1, 0.15) is 5.82 Å². The molecule has 1 atom stereocenters. The van der Waals surface area contributed by atoms with Crippen molar-refractivity contribution in [1.29, 1.82) is 0 Å². The zero-order chi connectivity index (χ0) is 20.5. The van der Waals surface area contributed by atoms with Crippen molar-refractivity contribution in [3.05, 3.63) is 47.3 Å². The van der Waals surface area contributed by atoms with E-state index in [-0.39, 0.29) is 12.3 Å². The average Bonchev–Trinajstić information content (AvgIpc) is 2.75. The maximum Gasteiger partial charge on any atom is 0.303 e. The summed E-state index contributed by atoms with van der Waals surface area (Å²) in [7, 11) is 1.57. The molecular formula is C22H30N4O3. The summed E-state index contributed by atoms with van der Waals surface area (Å²) in [5, 5.41) is 16.0. The molecule has 0 fully saturated rings. The summed E-state index contributed by atoms with van der Waals surface area (Å²) in [6.45, 7) is 2.71. The lowest BCUT2D eigenvalue weighted by Crippen LogP contribution is -2.20. The minimum absolute atomic E-state index is 0.0407. The second-order valence-electron chi connectivity index (χ2n) is 7.41. The van der Waals surface area contributed by atoms with E-state index in [4.69, 9.17) is 9.72 Å². The van der Waals surface area contributed by atoms with Crippen molar-refractivity contribution in [3.8, 4) is 5.88 Å². The number of aromatic nitrogens is 2. The van der Waals surface area contributed by atoms with E-state index < -0.39 is 5.97 Å². The molecule has 3 N–H and O–H groups in total. The fourth-order valence-corrected chi connectivity index (χ4v) is 3.67. The number of pyridine rings is 2. The molecule has 1 unspecified atom stereocenters. The maximum absolute atomic E-state index is 11.2. The van der Waals surface area contributed by atoms with Crippen molar-refractivity contribution in [2.75, 3.05) is 32.1 Å². The first-order valence-corrected chi connectivity index (χ1v) is 10.3. The fraction of sp³-hybridized carbons (Fsp3) is 0.500. The summed E-state index contributed by atoms with van der Waals surface area (Å²) >= 11 is 0. The van der Waals surface area contributed by atoms with Crippen LogP contribution in [0.2, 0.25) is 0 Å². The van der Waals surface area contributed by atoms with Gasteiger partial charge in [0, 0.05) is 37.5 Å². The molecule has 0 aromatic carbocycles. The monoisotopic (exact) mass is 398 g/mol. The van der Waals surface area contributed by atoms with E-state index in [0.717, 1.165) is 62.4 Å². The lowest BCUT2D eigenvalue weighted by Gasteiger charge is -2.17. The largest absolute Gasteiger partial charge is 0.481 e. The van der Waals surface area contributed by atoms with E-state index in [9.17, 15) is 9.90 Å². The van der Waals surface area contributed by atoms with E-state index in [2.05, 4.69) is 27.8 Å². The number of anilines is 1. The van der Waals surface area contributed by atoms with Gasteiger partial charge in [0.15, 0.2) is 0 Å². The highest BCUT2D eigenvalue weighted by Gasteiger charge is 2.16. The van der Waals surface area contributed by atoms with Crippen molar-refractivity contribution < 1.29 is 14.6 Å². The molecule has 2 aromatic rings. The quantitative estimate of drug-likeness (QED) is 0.501. The number of hydrogen-bond donors (Lipinski definition) is 3. The lowest BCUT2D eigenvalue weighted by atomic mass is 9.92. The molecule has 2 aromatic heterocycles. The molecule has 7 nitrogen and oxygen atoms in total. The Kier molecular flexibility index (Phi) is 7.81. The second kappa shape index (κ2) is 10.8. The molecule has 7 heteroatoms. The topological polar surface area (TPSA) is 96.4 Å². The summed E-state index contributed by atoms with van der Waals surface area (Å²) in [5.41, 5.74) is 3.35. The summed E-state index contributed by atoms with van der Waals surface area (Å²) in [6, 6.07) is 7.99. The third-order valence-electron chi connectivity index (χ3n) is 5.28. The molecule has 0 aliphatic carbocycles. The van der Waals surface area contributed by atoms with E-state index in [1.807, 2.05) is 6.07 Å². The molecule has 0 amide bonds. The highest BCUT2D eigenvalue weighted by Crippen LogP contribution is 2.25. The third-order valence-corrected chi connectivity index (χ3v) is 5.28. The molecule has 156 valence electrons. The van der Waals surface area contributed by atoms with Crippen molar-refractivity contribution in [1.82, 2.24) is 15.3 Å². The van der Waals surface area contributed by atoms with Crippen LogP contribution in [0, 0.1) is 0 Å². The number of carboxylic acid groups (broad SMARTS) is 1. The highest BCUT2D eigenvalue weighted by molar-refractivity contribution is 5.68. The van der Waals surface area contributed by atoms with Crippen LogP contribution in [0.15, 0.2) is 30.5 Å². The third kappa shape index (κ3) is 6.42. The molecule has 0 bridgehead atoms. The van der Waals surface area contributed by atoms with Crippen molar-refractivity contribution >= 4 is 11.8 Å². The number of fused-ring (bicyclic) bond motifs is 1. The summed E-state index contributed by atoms with van der Waals surface area (Å²) in [4.78, 5) is 20.1. The Balaban J connectivity index is 1.41. The minimum atomic E-state index is -0.786. The molecule has 3 heterocycles. The zero-order valence-corrected chi connectivity index (χ0v) is 17.0. The molecule has 0 radical (unpaired) electrons. The van der Waals surface area contributed by atoms with Gasteiger partial charge in [0.2, 0.25) is 5.88 Å². The van der Waals surface area contributed by atoms with Gasteiger partial charge in [0.25, 0.3) is 0 Å². The van der Waals surface area contributed by atoms with Crippen molar-refractivity contribution in [3.63, 3.8) is 0 Å². The van der Waals surface area contributed by atoms with Crippen LogP contribution in [0.3, 0.4) is 0 Å². The molecule has 1 aliphatic heterocycles. The highest BCUT2D eigenvalue weighted by atomic mass is 16.5. The Morgan fingerprint density at radius 3 is 2.97 bits per heavy atom. The van der Waals surface area contributed by atoms with Crippen LogP contribution in [-0.4, -0.2) is 47.8 Å². The fourth-order valence-electron chi connectivity index (χ4n) is 3.67. The van der Waals surface area contributed by atoms with Gasteiger partial charge in [-0.15, -0.1) is 0 Å². The number of methoxy groups -OCH3 is 1. The Morgan fingerprint density at radius 2 is 2.21 bits per heavy atom. The predicted octanol–water partition coefficient (Wildman–Crippen LogP) is 3.01. The maximum atomic E-state index is 11.2. The Morgan fingerprint density at radius 1 is 1.31 bits per heavy atom. The molecule has 3 rings (SSSR count). The van der Waals surface area contributed by atoms with Gasteiger partial charge in [-0.25, -0.2) is 9.97 Å². The normalized spacial score (nSPS) is 14.0. The Bertz CT molecular complexity index is 795. The minimum Gasteiger partial charge on any atom is -0.481 e. The Hall–Kier alpha value is -2.67. The number of aryl methyl sites for hydroxylation is 1. The van der Waals surface area contributed by atoms with E-state index >= 15 is 0 Å². The first kappa shape index (κ1) is 21.0. The van der Waals surface area contributed by atoms with E-state index in [1.54, 1.807) is 19.4 Å². The smallest absolute Gasteiger partial charge is 0.303 e. The molecule has 29 heavy (non-hydrogen) atoms. The van der Waals surface area contributed by atoms with Crippen LogP contribution in [-0.2, 0) is 17.6 Å². The van der Waals surface area contributed by atoms with Gasteiger partial charge in [-0.1, -0.05) is 12.1 Å². The number of rotatable bonds is 11. The zero-order valence-electron chi connectivity index (χ0n) is 17.0. The number of aliphatic carboxylic acids is 1. The van der Waals surface area contributed by atoms with Crippen LogP contribution in [0.25, 0.3) is 0 Å². The summed E-state index contributed by atoms with van der Waals surface area (Å²) in [5.74, 6) is 0.751. The standard InChI is InChI=1S/C22H30N4O3/c1-29-20-9-7-18(15-25-20)17(14-21(27)28)5-2-11-23-13-10-19-8-6-16-4-3-12-24-22(16)26-19/h6-9,15,17,23H,2-5,10-14H2,1H3,(H,24,26)(H,27,28). The number of nitrogens with zero attached hydrogens (tertiary/aromatic N) is 2. The van der Waals surface area contributed by atoms with E-state index in [1.165, 1.54) is 12.0 Å². The number of hydrogen-bond acceptors (Lipinski definition) is 6. The SMILES string of the molecule is COc1ccc(C(CCCNCCc2ccc3c(n2)NCCC3)CC(=O)O)cn1. The number of ether oxygens (including phenoxy) is 1. The van der Waals surface area contributed by atoms with Gasteiger partial charge in [-0.3, -0.25) is 4.79 Å². The Labute approximate surface area is 171 Å². The van der Waals surface area contributed by atoms with Gasteiger partial charge in [-0.2, -0.15) is 0 Å². The second-order valence-corrected chi connectivity index (χ2v) is 7.41. The van der Waals surface area contributed by atoms with Crippen LogP contribution in [0.4, 0.5) is 5.82 Å². The number of carboxylic acids is 1. The van der Waals surface area contributed by atoms with Gasteiger partial charge in [-0.05, 0) is 55.3 Å². The lowest BCUT2D eigenvalue weighted by molar-refractivity contribution is -0.137. The molecule has 0 saturated carbocycles. The van der Waals surface area contributed by atoms with Crippen LogP contribution in [0.5, 0.6) is 5.88 Å². The van der Waals surface area contributed by atoms with Crippen LogP contribution < -0.4 is 15.4 Å². The molecule has 0 spiro atoms. The first-order chi connectivity index (χ1) is 14.2. The van der Waals surface area contributed by atoms with Crippen LogP contribution >= 0.6 is 0 Å². The summed E-state index contributed by atoms with van der Waals surface area (Å²) in [6.07, 6.45) is 6.70. The van der Waals surface area contributed by atoms with Gasteiger partial charge >= 0.3 is 5.97 Å². The first-order valence-electron chi connectivity index (χ1n) is 10.3. The molecule has 0 saturated heterocycles. The van der Waals surface area contributed by atoms with Crippen molar-refractivity contribution in [2.24, 2.45) is 0 Å². The molecule has 1 aliphatic rings. The molecular weight excluding hydrogens is 368 g/mol. The predicted molar refractivity (Wildman–Crippen MR) is 113 cm³/mol. The number of carbonyl (C=O) groups is 1. The van der Waals surface area contributed by atoms with Crippen LogP contribution in [0.1, 0.15) is 48.4 Å². The van der Waals surface area contributed by atoms with E-state index in [0.29, 0.717) is 5.88 Å². The average molecular weight is 399 g/mol. The van der Waals surface area contributed by atoms with Crippen molar-refractivity contribution in [2.45, 2.75) is 44.4 Å².